The molecule has 1 N–H and O–H groups in total. The highest BCUT2D eigenvalue weighted by Crippen LogP contribution is 2.41. The van der Waals surface area contributed by atoms with Crippen molar-refractivity contribution in [3.63, 3.8) is 0 Å². The molecule has 0 spiro atoms. The van der Waals surface area contributed by atoms with E-state index in [0.29, 0.717) is 12.2 Å². The van der Waals surface area contributed by atoms with Gasteiger partial charge in [-0.2, -0.15) is 0 Å². The first kappa shape index (κ1) is 14.0. The number of nitrogens with one attached hydrogen (secondary N) is 1. The predicted octanol–water partition coefficient (Wildman–Crippen LogP) is 3.79. The molecule has 0 radical (unpaired) electrons. The molecule has 2 aromatic rings. The van der Waals surface area contributed by atoms with Crippen LogP contribution in [-0.2, 0) is 0 Å². The topological polar surface area (TPSA) is 21.3 Å². The zero-order chi connectivity index (χ0) is 14.8. The van der Waals surface area contributed by atoms with Crippen LogP contribution in [0.5, 0.6) is 5.75 Å². The van der Waals surface area contributed by atoms with E-state index in [9.17, 15) is 8.78 Å². The van der Waals surface area contributed by atoms with Crippen molar-refractivity contribution < 1.29 is 13.5 Å². The van der Waals surface area contributed by atoms with Gasteiger partial charge in [-0.15, -0.1) is 0 Å². The maximum Gasteiger partial charge on any atom is 0.130 e. The van der Waals surface area contributed by atoms with Gasteiger partial charge in [-0.05, 0) is 31.2 Å². The van der Waals surface area contributed by atoms with Crippen molar-refractivity contribution in [3.8, 4) is 5.75 Å². The summed E-state index contributed by atoms with van der Waals surface area (Å²) in [6.45, 7) is 0.600. The highest BCUT2D eigenvalue weighted by molar-refractivity contribution is 5.40. The van der Waals surface area contributed by atoms with Crippen molar-refractivity contribution in [2.75, 3.05) is 13.7 Å². The summed E-state index contributed by atoms with van der Waals surface area (Å²) in [6.07, 6.45) is 0.791. The quantitative estimate of drug-likeness (QED) is 0.928. The summed E-state index contributed by atoms with van der Waals surface area (Å²) in [5.41, 5.74) is 1.55. The number of fused-ring (bicyclic) bond motifs is 1. The second-order valence-electron chi connectivity index (χ2n) is 5.21. The minimum absolute atomic E-state index is 0.0971. The summed E-state index contributed by atoms with van der Waals surface area (Å²) in [5, 5.41) is 3.17. The van der Waals surface area contributed by atoms with E-state index in [1.165, 1.54) is 12.1 Å². The second kappa shape index (κ2) is 5.82. The van der Waals surface area contributed by atoms with Crippen molar-refractivity contribution in [1.29, 1.82) is 0 Å². The Hall–Kier alpha value is -1.94. The Bertz CT molecular complexity index is 644. The van der Waals surface area contributed by atoms with Crippen molar-refractivity contribution in [2.24, 2.45) is 0 Å². The molecule has 1 heterocycles. The van der Waals surface area contributed by atoms with E-state index in [0.717, 1.165) is 23.8 Å². The zero-order valence-corrected chi connectivity index (χ0v) is 11.8. The van der Waals surface area contributed by atoms with Gasteiger partial charge in [0.2, 0.25) is 0 Å². The minimum Gasteiger partial charge on any atom is -0.493 e. The van der Waals surface area contributed by atoms with Gasteiger partial charge in [0.1, 0.15) is 17.4 Å². The highest BCUT2D eigenvalue weighted by Gasteiger charge is 2.30. The van der Waals surface area contributed by atoms with E-state index < -0.39 is 11.6 Å². The molecule has 3 rings (SSSR count). The molecule has 2 atom stereocenters. The summed E-state index contributed by atoms with van der Waals surface area (Å²) >= 11 is 0. The number of likely N-dealkylation sites (N-methyl/N-ethyl adjacent to an activating group) is 1. The van der Waals surface area contributed by atoms with Crippen LogP contribution in [0.4, 0.5) is 8.78 Å². The number of benzene rings is 2. The van der Waals surface area contributed by atoms with E-state index >= 15 is 0 Å². The fraction of sp³-hybridized carbons (Fsp3) is 0.294. The van der Waals surface area contributed by atoms with E-state index in [1.807, 2.05) is 24.3 Å². The summed E-state index contributed by atoms with van der Waals surface area (Å²) in [6, 6.07) is 11.3. The maximum atomic E-state index is 14.1. The summed E-state index contributed by atoms with van der Waals surface area (Å²) in [7, 11) is 1.80. The van der Waals surface area contributed by atoms with Crippen molar-refractivity contribution in [3.05, 3.63) is 65.2 Å². The van der Waals surface area contributed by atoms with Crippen LogP contribution < -0.4 is 10.1 Å². The summed E-state index contributed by atoms with van der Waals surface area (Å²) in [4.78, 5) is 0. The van der Waals surface area contributed by atoms with Crippen LogP contribution in [0.15, 0.2) is 42.5 Å². The number of rotatable bonds is 3. The third kappa shape index (κ3) is 2.63. The Balaban J connectivity index is 2.01. The number of halogens is 2. The van der Waals surface area contributed by atoms with Crippen molar-refractivity contribution in [2.45, 2.75) is 18.4 Å². The standard InChI is InChI=1S/C17H17F2NO/c1-20-17(14-7-6-11(18)10-15(14)19)13-8-9-21-16-5-3-2-4-12(13)16/h2-7,10,13,17,20H,8-9H2,1H3. The van der Waals surface area contributed by atoms with Gasteiger partial charge >= 0.3 is 0 Å². The predicted molar refractivity (Wildman–Crippen MR) is 77.5 cm³/mol. The largest absolute Gasteiger partial charge is 0.493 e. The SMILES string of the molecule is CNC(c1ccc(F)cc1F)C1CCOc2ccccc21. The van der Waals surface area contributed by atoms with Gasteiger partial charge < -0.3 is 10.1 Å². The lowest BCUT2D eigenvalue weighted by Crippen LogP contribution is -2.28. The first-order valence-corrected chi connectivity index (χ1v) is 7.04. The Labute approximate surface area is 122 Å². The van der Waals surface area contributed by atoms with Crippen LogP contribution in [0.2, 0.25) is 0 Å². The molecule has 2 aromatic carbocycles. The van der Waals surface area contributed by atoms with Gasteiger partial charge in [-0.3, -0.25) is 0 Å². The Morgan fingerprint density at radius 2 is 2.00 bits per heavy atom. The van der Waals surface area contributed by atoms with E-state index in [1.54, 1.807) is 7.05 Å². The lowest BCUT2D eigenvalue weighted by Gasteiger charge is -2.32. The average molecular weight is 289 g/mol. The highest BCUT2D eigenvalue weighted by atomic mass is 19.1. The van der Waals surface area contributed by atoms with Gasteiger partial charge in [-0.25, -0.2) is 8.78 Å². The van der Waals surface area contributed by atoms with E-state index in [-0.39, 0.29) is 12.0 Å². The molecule has 0 bridgehead atoms. The fourth-order valence-corrected chi connectivity index (χ4v) is 3.04. The van der Waals surface area contributed by atoms with Gasteiger partial charge in [-0.1, -0.05) is 24.3 Å². The Kier molecular flexibility index (Phi) is 3.88. The maximum absolute atomic E-state index is 14.1. The molecule has 0 saturated carbocycles. The smallest absolute Gasteiger partial charge is 0.130 e. The molecule has 1 aliphatic heterocycles. The first-order valence-electron chi connectivity index (χ1n) is 7.04. The minimum atomic E-state index is -0.557. The van der Waals surface area contributed by atoms with Crippen molar-refractivity contribution in [1.82, 2.24) is 5.32 Å². The van der Waals surface area contributed by atoms with Gasteiger partial charge in [0.15, 0.2) is 0 Å². The number of hydrogen-bond acceptors (Lipinski definition) is 2. The molecule has 0 saturated heterocycles. The van der Waals surface area contributed by atoms with Crippen LogP contribution in [0, 0.1) is 11.6 Å². The van der Waals surface area contributed by atoms with Crippen LogP contribution in [0.25, 0.3) is 0 Å². The molecule has 0 aromatic heterocycles. The van der Waals surface area contributed by atoms with Crippen LogP contribution in [-0.4, -0.2) is 13.7 Å². The number of para-hydroxylation sites is 1. The molecule has 0 amide bonds. The van der Waals surface area contributed by atoms with Crippen molar-refractivity contribution >= 4 is 0 Å². The van der Waals surface area contributed by atoms with Gasteiger partial charge in [0, 0.05) is 23.6 Å². The molecular formula is C17H17F2NO. The molecule has 110 valence electrons. The monoisotopic (exact) mass is 289 g/mol. The lowest BCUT2D eigenvalue weighted by molar-refractivity contribution is 0.247. The normalized spacial score (nSPS) is 18.7. The summed E-state index contributed by atoms with van der Waals surface area (Å²) in [5.74, 6) is -0.131. The third-order valence-corrected chi connectivity index (χ3v) is 4.02. The second-order valence-corrected chi connectivity index (χ2v) is 5.21. The molecule has 2 nitrogen and oxygen atoms in total. The number of hydrogen-bond donors (Lipinski definition) is 1. The third-order valence-electron chi connectivity index (χ3n) is 4.02. The summed E-state index contributed by atoms with van der Waals surface area (Å²) < 4.78 is 32.9. The molecule has 2 unspecified atom stereocenters. The lowest BCUT2D eigenvalue weighted by atomic mass is 9.83. The van der Waals surface area contributed by atoms with Crippen LogP contribution in [0.3, 0.4) is 0 Å². The molecule has 1 aliphatic rings. The molecular weight excluding hydrogens is 272 g/mol. The first-order chi connectivity index (χ1) is 10.2. The Morgan fingerprint density at radius 3 is 2.76 bits per heavy atom. The van der Waals surface area contributed by atoms with Gasteiger partial charge in [0.05, 0.1) is 6.61 Å². The zero-order valence-electron chi connectivity index (χ0n) is 11.8. The van der Waals surface area contributed by atoms with E-state index in [2.05, 4.69) is 5.32 Å². The molecule has 0 fully saturated rings. The molecule has 21 heavy (non-hydrogen) atoms. The fourth-order valence-electron chi connectivity index (χ4n) is 3.04. The molecule has 0 aliphatic carbocycles. The van der Waals surface area contributed by atoms with Crippen LogP contribution in [0.1, 0.15) is 29.5 Å². The molecule has 4 heteroatoms. The van der Waals surface area contributed by atoms with Crippen LogP contribution >= 0.6 is 0 Å². The van der Waals surface area contributed by atoms with E-state index in [4.69, 9.17) is 4.74 Å². The number of ether oxygens (including phenoxy) is 1. The van der Waals surface area contributed by atoms with Gasteiger partial charge in [0.25, 0.3) is 0 Å². The Morgan fingerprint density at radius 1 is 1.19 bits per heavy atom. The average Bonchev–Trinajstić information content (AvgIpc) is 2.50.